The number of benzene rings is 2. The number of amides is 2. The van der Waals surface area contributed by atoms with E-state index in [4.69, 9.17) is 4.74 Å². The second-order valence-electron chi connectivity index (χ2n) is 12.0. The van der Waals surface area contributed by atoms with Gasteiger partial charge in [-0.1, -0.05) is 31.4 Å². The Hall–Kier alpha value is -3.96. The first-order valence-electron chi connectivity index (χ1n) is 15.6. The van der Waals surface area contributed by atoms with Crippen LogP contribution in [0.25, 0.3) is 22.2 Å². The van der Waals surface area contributed by atoms with Crippen LogP contribution in [0.3, 0.4) is 0 Å². The number of allylic oxidation sites excluding steroid dienone is 1. The summed E-state index contributed by atoms with van der Waals surface area (Å²) in [4.78, 5) is 31.4. The maximum absolute atomic E-state index is 13.8. The van der Waals surface area contributed by atoms with Crippen LogP contribution in [-0.4, -0.2) is 63.1 Å². The van der Waals surface area contributed by atoms with Gasteiger partial charge in [0.1, 0.15) is 5.75 Å². The number of methoxy groups -OCH3 is 1. The fourth-order valence-corrected chi connectivity index (χ4v) is 7.14. The number of rotatable bonds is 9. The van der Waals surface area contributed by atoms with Crippen molar-refractivity contribution in [3.63, 3.8) is 0 Å². The van der Waals surface area contributed by atoms with E-state index in [1.807, 2.05) is 38.1 Å². The van der Waals surface area contributed by atoms with Gasteiger partial charge < -0.3 is 14.6 Å². The summed E-state index contributed by atoms with van der Waals surface area (Å²) in [6, 6.07) is 11.5. The maximum atomic E-state index is 13.8. The van der Waals surface area contributed by atoms with Gasteiger partial charge in [-0.25, -0.2) is 4.72 Å². The Labute approximate surface area is 265 Å². The van der Waals surface area contributed by atoms with E-state index in [0.717, 1.165) is 69.2 Å². The zero-order valence-corrected chi connectivity index (χ0v) is 27.5. The molecule has 0 radical (unpaired) electrons. The van der Waals surface area contributed by atoms with Crippen LogP contribution >= 0.6 is 0 Å². The summed E-state index contributed by atoms with van der Waals surface area (Å²) in [6.45, 7) is 4.45. The van der Waals surface area contributed by atoms with Crippen molar-refractivity contribution in [2.45, 2.75) is 64.8 Å². The molecule has 1 fully saturated rings. The van der Waals surface area contributed by atoms with E-state index in [1.54, 1.807) is 25.5 Å². The van der Waals surface area contributed by atoms with Gasteiger partial charge in [0.15, 0.2) is 0 Å². The third-order valence-electron chi connectivity index (χ3n) is 8.96. The standard InChI is InChI=1S/C34H43N5O5S/c1-6-26(35-7-2)20-36-33(40)25-17-24-18-27(44-5)14-16-28(24)32-31(22-11-9-8-10-12-22)29-15-13-23(19-30(29)39(32)21-25)34(41)37-45(42,43)38(3)4/h6-7,13-16,18-19,22,25H,8-12,17,20-21H2,1-5H3,(H,36,40)(H,37,41)/b26-6-,35-7-. The number of hydrogen-bond acceptors (Lipinski definition) is 6. The highest BCUT2D eigenvalue weighted by Crippen LogP contribution is 2.47. The van der Waals surface area contributed by atoms with E-state index in [0.29, 0.717) is 25.4 Å². The Morgan fingerprint density at radius 1 is 1.09 bits per heavy atom. The molecule has 1 saturated carbocycles. The van der Waals surface area contributed by atoms with Crippen LogP contribution in [0.4, 0.5) is 0 Å². The number of aromatic nitrogens is 1. The fraction of sp³-hybridized carbons (Fsp3) is 0.441. The first-order chi connectivity index (χ1) is 21.6. The summed E-state index contributed by atoms with van der Waals surface area (Å²) in [7, 11) is 0.407. The van der Waals surface area contributed by atoms with Crippen LogP contribution < -0.4 is 14.8 Å². The number of hydrogen-bond donors (Lipinski definition) is 2. The zero-order valence-electron chi connectivity index (χ0n) is 26.7. The maximum Gasteiger partial charge on any atom is 0.303 e. The lowest BCUT2D eigenvalue weighted by molar-refractivity contribution is -0.125. The zero-order chi connectivity index (χ0) is 32.3. The Kier molecular flexibility index (Phi) is 9.79. The summed E-state index contributed by atoms with van der Waals surface area (Å²) < 4.78 is 35.8. The molecular weight excluding hydrogens is 590 g/mol. The van der Waals surface area contributed by atoms with E-state index in [2.05, 4.69) is 25.7 Å². The van der Waals surface area contributed by atoms with Crippen molar-refractivity contribution in [1.29, 1.82) is 0 Å². The van der Waals surface area contributed by atoms with Crippen molar-refractivity contribution in [3.8, 4) is 17.0 Å². The lowest BCUT2D eigenvalue weighted by Gasteiger charge is -2.24. The van der Waals surface area contributed by atoms with Crippen molar-refractivity contribution < 1.29 is 22.7 Å². The largest absolute Gasteiger partial charge is 0.497 e. The average Bonchev–Trinajstić information content (AvgIpc) is 3.25. The highest BCUT2D eigenvalue weighted by atomic mass is 32.2. The Bertz CT molecular complexity index is 1770. The summed E-state index contributed by atoms with van der Waals surface area (Å²) in [5.74, 6) is -0.151. The van der Waals surface area contributed by atoms with Gasteiger partial charge in [0.2, 0.25) is 5.91 Å². The number of nitrogens with zero attached hydrogens (tertiary/aromatic N) is 3. The second-order valence-corrected chi connectivity index (χ2v) is 13.9. The molecule has 2 N–H and O–H groups in total. The monoisotopic (exact) mass is 633 g/mol. The summed E-state index contributed by atoms with van der Waals surface area (Å²) in [5.41, 5.74) is 6.20. The molecule has 45 heavy (non-hydrogen) atoms. The molecule has 1 unspecified atom stereocenters. The molecule has 0 saturated heterocycles. The van der Waals surface area contributed by atoms with Crippen LogP contribution in [-0.2, 0) is 28.0 Å². The van der Waals surface area contributed by atoms with Gasteiger partial charge in [0.05, 0.1) is 31.0 Å². The number of fused-ring (bicyclic) bond motifs is 5. The molecule has 0 spiro atoms. The molecule has 1 aliphatic heterocycles. The molecule has 1 aromatic heterocycles. The minimum absolute atomic E-state index is 0.0886. The molecule has 11 heteroatoms. The van der Waals surface area contributed by atoms with Crippen molar-refractivity contribution in [3.05, 3.63) is 64.9 Å². The van der Waals surface area contributed by atoms with Crippen molar-refractivity contribution in [1.82, 2.24) is 18.9 Å². The third kappa shape index (κ3) is 6.69. The Morgan fingerprint density at radius 3 is 2.51 bits per heavy atom. The van der Waals surface area contributed by atoms with Gasteiger partial charge in [-0.05, 0) is 80.5 Å². The van der Waals surface area contributed by atoms with Crippen molar-refractivity contribution in [2.24, 2.45) is 10.9 Å². The average molecular weight is 634 g/mol. The van der Waals surface area contributed by atoms with Crippen LogP contribution in [0, 0.1) is 5.92 Å². The molecule has 10 nitrogen and oxygen atoms in total. The van der Waals surface area contributed by atoms with E-state index in [9.17, 15) is 18.0 Å². The molecule has 3 aromatic rings. The van der Waals surface area contributed by atoms with Crippen LogP contribution in [0.15, 0.2) is 53.2 Å². The van der Waals surface area contributed by atoms with Gasteiger partial charge in [-0.15, -0.1) is 0 Å². The molecule has 1 aliphatic carbocycles. The highest BCUT2D eigenvalue weighted by Gasteiger charge is 2.33. The van der Waals surface area contributed by atoms with Gasteiger partial charge in [-0.2, -0.15) is 12.7 Å². The summed E-state index contributed by atoms with van der Waals surface area (Å²) in [6.07, 6.45) is 9.73. The lowest BCUT2D eigenvalue weighted by Crippen LogP contribution is -2.39. The SMILES string of the molecule is C/C=N\C(=C/C)CNC(=O)C1Cc2cc(OC)ccc2-c2c(C3CCCCC3)c3ccc(C(=O)NS(=O)(=O)N(C)C)cc3n2C1. The molecule has 240 valence electrons. The van der Waals surface area contributed by atoms with E-state index < -0.39 is 22.0 Å². The van der Waals surface area contributed by atoms with Gasteiger partial charge >= 0.3 is 10.2 Å². The summed E-state index contributed by atoms with van der Waals surface area (Å²) in [5, 5.41) is 4.12. The molecule has 5 rings (SSSR count). The third-order valence-corrected chi connectivity index (χ3v) is 10.4. The molecular formula is C34H43N5O5S. The normalized spacial score (nSPS) is 17.6. The first kappa shape index (κ1) is 32.4. The Balaban J connectivity index is 1.68. The minimum Gasteiger partial charge on any atom is -0.497 e. The number of aliphatic imine (C=N–C) groups is 1. The second kappa shape index (κ2) is 13.6. The quantitative estimate of drug-likeness (QED) is 0.315. The van der Waals surface area contributed by atoms with Crippen LogP contribution in [0.1, 0.15) is 73.4 Å². The van der Waals surface area contributed by atoms with Gasteiger partial charge in [-0.3, -0.25) is 14.6 Å². The van der Waals surface area contributed by atoms with Crippen LogP contribution in [0.2, 0.25) is 0 Å². The molecule has 2 aromatic carbocycles. The smallest absolute Gasteiger partial charge is 0.303 e. The first-order valence-corrected chi connectivity index (χ1v) is 17.0. The number of carbonyl (C=O) groups is 2. The van der Waals surface area contributed by atoms with Gasteiger partial charge in [0.25, 0.3) is 5.91 Å². The molecule has 0 bridgehead atoms. The molecule has 1 atom stereocenters. The topological polar surface area (TPSA) is 122 Å². The van der Waals surface area contributed by atoms with E-state index in [-0.39, 0.29) is 11.5 Å². The predicted molar refractivity (Wildman–Crippen MR) is 178 cm³/mol. The van der Waals surface area contributed by atoms with Crippen molar-refractivity contribution >= 4 is 39.1 Å². The fourth-order valence-electron chi connectivity index (χ4n) is 6.60. The predicted octanol–water partition coefficient (Wildman–Crippen LogP) is 5.18. The van der Waals surface area contributed by atoms with Crippen molar-refractivity contribution in [2.75, 3.05) is 27.7 Å². The summed E-state index contributed by atoms with van der Waals surface area (Å²) >= 11 is 0. The Morgan fingerprint density at radius 2 is 1.84 bits per heavy atom. The van der Waals surface area contributed by atoms with Crippen LogP contribution in [0.5, 0.6) is 5.75 Å². The minimum atomic E-state index is -3.97. The van der Waals surface area contributed by atoms with E-state index in [1.165, 1.54) is 26.1 Å². The number of ether oxygens (including phenoxy) is 1. The number of carbonyl (C=O) groups excluding carboxylic acids is 2. The number of nitrogens with one attached hydrogen (secondary N) is 2. The lowest BCUT2D eigenvalue weighted by atomic mass is 9.81. The molecule has 2 heterocycles. The van der Waals surface area contributed by atoms with E-state index >= 15 is 0 Å². The van der Waals surface area contributed by atoms with Gasteiger partial charge in [0, 0.05) is 48.9 Å². The molecule has 2 aliphatic rings. The molecule has 2 amide bonds. The highest BCUT2D eigenvalue weighted by molar-refractivity contribution is 7.87.